The van der Waals surface area contributed by atoms with Crippen molar-refractivity contribution in [3.8, 4) is 0 Å². The average molecular weight is 240 g/mol. The van der Waals surface area contributed by atoms with E-state index in [1.54, 1.807) is 12.5 Å². The molecule has 2 heterocycles. The fraction of sp³-hybridized carbons (Fsp3) is 0.636. The van der Waals surface area contributed by atoms with Crippen molar-refractivity contribution in [3.63, 3.8) is 0 Å². The number of hydrogen-bond donors (Lipinski definition) is 1. The Bertz CT molecular complexity index is 393. The number of alkyl halides is 1. The topological polar surface area (TPSA) is 50.2 Å². The average Bonchev–Trinajstić information content (AvgIpc) is 2.72. The SMILES string of the molecule is Cn1cncc1CNC(=O)N1CCC[C@@H](F)C1. The molecule has 1 atom stereocenters. The fourth-order valence-corrected chi connectivity index (χ4v) is 1.94. The van der Waals surface area contributed by atoms with Gasteiger partial charge < -0.3 is 14.8 Å². The van der Waals surface area contributed by atoms with Crippen molar-refractivity contribution in [1.29, 1.82) is 0 Å². The first kappa shape index (κ1) is 11.9. The van der Waals surface area contributed by atoms with E-state index in [0.29, 0.717) is 19.5 Å². The predicted octanol–water partition coefficient (Wildman–Crippen LogP) is 1.06. The van der Waals surface area contributed by atoms with Crippen LogP contribution in [0.1, 0.15) is 18.5 Å². The molecule has 0 aliphatic carbocycles. The zero-order chi connectivity index (χ0) is 12.3. The highest BCUT2D eigenvalue weighted by Gasteiger charge is 2.22. The maximum absolute atomic E-state index is 13.1. The number of aryl methyl sites for hydroxylation is 1. The van der Waals surface area contributed by atoms with Crippen molar-refractivity contribution >= 4 is 6.03 Å². The van der Waals surface area contributed by atoms with Crippen LogP contribution in [0.25, 0.3) is 0 Å². The monoisotopic (exact) mass is 240 g/mol. The fourth-order valence-electron chi connectivity index (χ4n) is 1.94. The third-order valence-electron chi connectivity index (χ3n) is 2.99. The molecular weight excluding hydrogens is 223 g/mol. The minimum Gasteiger partial charge on any atom is -0.336 e. The van der Waals surface area contributed by atoms with Gasteiger partial charge in [-0.3, -0.25) is 0 Å². The Balaban J connectivity index is 1.83. The summed E-state index contributed by atoms with van der Waals surface area (Å²) in [5.41, 5.74) is 0.923. The lowest BCUT2D eigenvalue weighted by atomic mass is 10.1. The summed E-state index contributed by atoms with van der Waals surface area (Å²) in [6.07, 6.45) is 3.80. The maximum Gasteiger partial charge on any atom is 0.317 e. The van der Waals surface area contributed by atoms with Crippen LogP contribution < -0.4 is 5.32 Å². The van der Waals surface area contributed by atoms with Gasteiger partial charge in [0.25, 0.3) is 0 Å². The first-order chi connectivity index (χ1) is 8.16. The quantitative estimate of drug-likeness (QED) is 0.840. The van der Waals surface area contributed by atoms with Gasteiger partial charge in [-0.15, -0.1) is 0 Å². The van der Waals surface area contributed by atoms with Crippen molar-refractivity contribution in [2.75, 3.05) is 13.1 Å². The molecule has 0 radical (unpaired) electrons. The number of hydrogen-bond acceptors (Lipinski definition) is 2. The minimum atomic E-state index is -0.883. The molecule has 0 spiro atoms. The maximum atomic E-state index is 13.1. The Kier molecular flexibility index (Phi) is 3.61. The molecule has 0 unspecified atom stereocenters. The van der Waals surface area contributed by atoms with Crippen LogP contribution in [0, 0.1) is 0 Å². The van der Waals surface area contributed by atoms with Gasteiger partial charge in [0, 0.05) is 19.8 Å². The van der Waals surface area contributed by atoms with E-state index >= 15 is 0 Å². The lowest BCUT2D eigenvalue weighted by molar-refractivity contribution is 0.143. The molecule has 1 saturated heterocycles. The Morgan fingerprint density at radius 1 is 1.71 bits per heavy atom. The molecule has 2 rings (SSSR count). The van der Waals surface area contributed by atoms with Gasteiger partial charge in [0.15, 0.2) is 0 Å². The first-order valence-electron chi connectivity index (χ1n) is 5.79. The molecule has 5 nitrogen and oxygen atoms in total. The normalized spacial score (nSPS) is 20.4. The zero-order valence-electron chi connectivity index (χ0n) is 9.90. The van der Waals surface area contributed by atoms with Gasteiger partial charge in [-0.25, -0.2) is 14.2 Å². The van der Waals surface area contributed by atoms with E-state index in [1.807, 2.05) is 11.6 Å². The van der Waals surface area contributed by atoms with Crippen LogP contribution >= 0.6 is 0 Å². The lowest BCUT2D eigenvalue weighted by Gasteiger charge is -2.29. The zero-order valence-corrected chi connectivity index (χ0v) is 9.90. The molecule has 94 valence electrons. The van der Waals surface area contributed by atoms with Crippen molar-refractivity contribution in [2.45, 2.75) is 25.6 Å². The molecule has 1 aliphatic heterocycles. The second kappa shape index (κ2) is 5.16. The molecule has 1 aromatic rings. The van der Waals surface area contributed by atoms with Gasteiger partial charge in [0.05, 0.1) is 25.1 Å². The number of carbonyl (C=O) groups excluding carboxylic acids is 1. The van der Waals surface area contributed by atoms with E-state index in [0.717, 1.165) is 12.1 Å². The van der Waals surface area contributed by atoms with E-state index in [2.05, 4.69) is 10.3 Å². The van der Waals surface area contributed by atoms with E-state index in [4.69, 9.17) is 0 Å². The number of halogens is 1. The highest BCUT2D eigenvalue weighted by atomic mass is 19.1. The number of carbonyl (C=O) groups is 1. The van der Waals surface area contributed by atoms with E-state index in [-0.39, 0.29) is 12.6 Å². The number of nitrogens with one attached hydrogen (secondary N) is 1. The number of piperidine rings is 1. The van der Waals surface area contributed by atoms with Crippen molar-refractivity contribution in [3.05, 3.63) is 18.2 Å². The molecular formula is C11H17FN4O. The van der Waals surface area contributed by atoms with Gasteiger partial charge in [-0.05, 0) is 12.8 Å². The number of nitrogens with zero attached hydrogens (tertiary/aromatic N) is 3. The van der Waals surface area contributed by atoms with E-state index < -0.39 is 6.17 Å². The van der Waals surface area contributed by atoms with Crippen molar-refractivity contribution in [2.24, 2.45) is 7.05 Å². The summed E-state index contributed by atoms with van der Waals surface area (Å²) < 4.78 is 15.0. The molecule has 6 heteroatoms. The number of likely N-dealkylation sites (tertiary alicyclic amines) is 1. The molecule has 17 heavy (non-hydrogen) atoms. The Morgan fingerprint density at radius 3 is 3.18 bits per heavy atom. The van der Waals surface area contributed by atoms with Gasteiger partial charge in [0.1, 0.15) is 6.17 Å². The number of aromatic nitrogens is 2. The van der Waals surface area contributed by atoms with E-state index in [9.17, 15) is 9.18 Å². The second-order valence-corrected chi connectivity index (χ2v) is 4.34. The predicted molar refractivity (Wildman–Crippen MR) is 61.1 cm³/mol. The molecule has 1 aromatic heterocycles. The molecule has 0 saturated carbocycles. The van der Waals surface area contributed by atoms with Crippen LogP contribution in [0.5, 0.6) is 0 Å². The molecule has 1 fully saturated rings. The minimum absolute atomic E-state index is 0.200. The van der Waals surface area contributed by atoms with Gasteiger partial charge in [-0.2, -0.15) is 0 Å². The molecule has 0 bridgehead atoms. The number of rotatable bonds is 2. The third-order valence-corrected chi connectivity index (χ3v) is 2.99. The highest BCUT2D eigenvalue weighted by molar-refractivity contribution is 5.74. The van der Waals surface area contributed by atoms with Crippen molar-refractivity contribution < 1.29 is 9.18 Å². The highest BCUT2D eigenvalue weighted by Crippen LogP contribution is 2.12. The summed E-state index contributed by atoms with van der Waals surface area (Å²) in [6, 6.07) is -0.200. The lowest BCUT2D eigenvalue weighted by Crippen LogP contribution is -2.46. The van der Waals surface area contributed by atoms with Gasteiger partial charge >= 0.3 is 6.03 Å². The summed E-state index contributed by atoms with van der Waals surface area (Å²) in [7, 11) is 1.87. The Hall–Kier alpha value is -1.59. The van der Waals surface area contributed by atoms with E-state index in [1.165, 1.54) is 4.90 Å². The Labute approximate surface area is 99.6 Å². The summed E-state index contributed by atoms with van der Waals surface area (Å²) in [6.45, 7) is 1.26. The van der Waals surface area contributed by atoms with Gasteiger partial charge in [-0.1, -0.05) is 0 Å². The van der Waals surface area contributed by atoms with Crippen molar-refractivity contribution in [1.82, 2.24) is 19.8 Å². The van der Waals surface area contributed by atoms with Crippen LogP contribution in [0.15, 0.2) is 12.5 Å². The smallest absolute Gasteiger partial charge is 0.317 e. The molecule has 2 amide bonds. The summed E-state index contributed by atoms with van der Waals surface area (Å²) in [4.78, 5) is 17.3. The van der Waals surface area contributed by atoms with Crippen LogP contribution in [0.2, 0.25) is 0 Å². The summed E-state index contributed by atoms with van der Waals surface area (Å²) in [5.74, 6) is 0. The third kappa shape index (κ3) is 2.95. The molecule has 1 aliphatic rings. The van der Waals surface area contributed by atoms with Crippen LogP contribution in [-0.4, -0.2) is 39.7 Å². The summed E-state index contributed by atoms with van der Waals surface area (Å²) >= 11 is 0. The van der Waals surface area contributed by atoms with Crippen LogP contribution in [0.4, 0.5) is 9.18 Å². The number of urea groups is 1. The molecule has 1 N–H and O–H groups in total. The number of imidazole rings is 1. The Morgan fingerprint density at radius 2 is 2.53 bits per heavy atom. The first-order valence-corrected chi connectivity index (χ1v) is 5.79. The largest absolute Gasteiger partial charge is 0.336 e. The van der Waals surface area contributed by atoms with Crippen LogP contribution in [0.3, 0.4) is 0 Å². The standard InChI is InChI=1S/C11H17FN4O/c1-15-8-13-5-10(15)6-14-11(17)16-4-2-3-9(12)7-16/h5,8-9H,2-4,6-7H2,1H3,(H,14,17)/t9-/m1/s1. The molecule has 0 aromatic carbocycles. The summed E-state index contributed by atoms with van der Waals surface area (Å²) in [5, 5.41) is 2.78. The van der Waals surface area contributed by atoms with Crippen LogP contribution in [-0.2, 0) is 13.6 Å². The second-order valence-electron chi connectivity index (χ2n) is 4.34. The number of amides is 2. The van der Waals surface area contributed by atoms with Gasteiger partial charge in [0.2, 0.25) is 0 Å².